The summed E-state index contributed by atoms with van der Waals surface area (Å²) in [7, 11) is 0. The standard InChI is InChI=1S/C23H17N3O5/c1-2-30-17-12-13(8-9-15(17)27)19-18-20(28)14-6-3-4-7-16(14)31-21(18)22(29)26(19)23-24-10-5-11-25-23/h3-12,19,27H,2H2,1H3. The van der Waals surface area contributed by atoms with Crippen LogP contribution in [0.1, 0.15) is 34.6 Å². The second kappa shape index (κ2) is 7.24. The first-order chi connectivity index (χ1) is 15.1. The van der Waals surface area contributed by atoms with Crippen molar-refractivity contribution in [2.75, 3.05) is 11.5 Å². The molecule has 8 nitrogen and oxygen atoms in total. The fraction of sp³-hybridized carbons (Fsp3) is 0.130. The van der Waals surface area contributed by atoms with Gasteiger partial charge in [-0.2, -0.15) is 0 Å². The Labute approximate surface area is 176 Å². The summed E-state index contributed by atoms with van der Waals surface area (Å²) in [6, 6.07) is 12.3. The Morgan fingerprint density at radius 3 is 2.65 bits per heavy atom. The molecule has 0 spiro atoms. The molecule has 1 aliphatic rings. The van der Waals surface area contributed by atoms with Crippen LogP contribution < -0.4 is 15.1 Å². The largest absolute Gasteiger partial charge is 0.504 e. The zero-order chi connectivity index (χ0) is 21.5. The molecule has 1 amide bonds. The Hall–Kier alpha value is -4.20. The summed E-state index contributed by atoms with van der Waals surface area (Å²) in [5, 5.41) is 10.5. The molecule has 4 aromatic rings. The van der Waals surface area contributed by atoms with Gasteiger partial charge in [0.15, 0.2) is 16.9 Å². The molecule has 1 N–H and O–H groups in total. The predicted octanol–water partition coefficient (Wildman–Crippen LogP) is 3.44. The third-order valence-corrected chi connectivity index (χ3v) is 5.14. The van der Waals surface area contributed by atoms with Gasteiger partial charge in [0.25, 0.3) is 5.91 Å². The number of phenols is 1. The second-order valence-electron chi connectivity index (χ2n) is 6.96. The number of hydrogen-bond donors (Lipinski definition) is 1. The van der Waals surface area contributed by atoms with Gasteiger partial charge in [-0.15, -0.1) is 0 Å². The lowest BCUT2D eigenvalue weighted by molar-refractivity contribution is 0.0969. The van der Waals surface area contributed by atoms with Gasteiger partial charge in [0.1, 0.15) is 5.58 Å². The number of hydrogen-bond acceptors (Lipinski definition) is 7. The minimum absolute atomic E-state index is 0.0387. The average Bonchev–Trinajstić information content (AvgIpc) is 3.09. The highest BCUT2D eigenvalue weighted by atomic mass is 16.5. The van der Waals surface area contributed by atoms with Crippen molar-refractivity contribution in [3.63, 3.8) is 0 Å². The van der Waals surface area contributed by atoms with Gasteiger partial charge in [0.05, 0.1) is 23.6 Å². The van der Waals surface area contributed by atoms with Gasteiger partial charge in [0.2, 0.25) is 11.7 Å². The van der Waals surface area contributed by atoms with Gasteiger partial charge in [-0.1, -0.05) is 18.2 Å². The average molecular weight is 415 g/mol. The number of phenolic OH excluding ortho intramolecular Hbond substituents is 1. The summed E-state index contributed by atoms with van der Waals surface area (Å²) >= 11 is 0. The Bertz CT molecular complexity index is 1370. The van der Waals surface area contributed by atoms with Gasteiger partial charge in [-0.25, -0.2) is 9.97 Å². The number of benzene rings is 2. The van der Waals surface area contributed by atoms with E-state index in [-0.39, 0.29) is 34.2 Å². The number of anilines is 1. The van der Waals surface area contributed by atoms with Crippen molar-refractivity contribution in [1.29, 1.82) is 0 Å². The van der Waals surface area contributed by atoms with Gasteiger partial charge >= 0.3 is 0 Å². The number of carbonyl (C=O) groups excluding carboxylic acids is 1. The number of fused-ring (bicyclic) bond motifs is 2. The van der Waals surface area contributed by atoms with Crippen molar-refractivity contribution in [2.24, 2.45) is 0 Å². The van der Waals surface area contributed by atoms with Crippen molar-refractivity contribution < 1.29 is 19.1 Å². The number of carbonyl (C=O) groups is 1. The molecule has 0 saturated carbocycles. The van der Waals surface area contributed by atoms with E-state index in [1.165, 1.54) is 23.4 Å². The summed E-state index contributed by atoms with van der Waals surface area (Å²) < 4.78 is 11.4. The molecule has 0 radical (unpaired) electrons. The van der Waals surface area contributed by atoms with E-state index < -0.39 is 11.9 Å². The highest BCUT2D eigenvalue weighted by Gasteiger charge is 2.45. The molecule has 0 bridgehead atoms. The maximum atomic E-state index is 13.4. The smallest absolute Gasteiger partial charge is 0.297 e. The topological polar surface area (TPSA) is 106 Å². The van der Waals surface area contributed by atoms with E-state index in [9.17, 15) is 14.7 Å². The third kappa shape index (κ3) is 2.92. The number of ether oxygens (including phenoxy) is 1. The van der Waals surface area contributed by atoms with Gasteiger partial charge in [0, 0.05) is 12.4 Å². The SMILES string of the molecule is CCOc1cc(C2c3c(oc4ccccc4c3=O)C(=O)N2c2ncccn2)ccc1O. The molecule has 0 fully saturated rings. The molecular weight excluding hydrogens is 398 g/mol. The number of aromatic nitrogens is 2. The molecule has 1 unspecified atom stereocenters. The molecule has 5 rings (SSSR count). The monoisotopic (exact) mass is 415 g/mol. The fourth-order valence-corrected chi connectivity index (χ4v) is 3.83. The van der Waals surface area contributed by atoms with Crippen LogP contribution in [-0.2, 0) is 0 Å². The van der Waals surface area contributed by atoms with Crippen LogP contribution in [0, 0.1) is 0 Å². The molecule has 2 aromatic heterocycles. The molecule has 31 heavy (non-hydrogen) atoms. The molecule has 8 heteroatoms. The van der Waals surface area contributed by atoms with Crippen LogP contribution in [0.15, 0.2) is 70.1 Å². The maximum Gasteiger partial charge on any atom is 0.297 e. The van der Waals surface area contributed by atoms with Gasteiger partial charge < -0.3 is 14.3 Å². The van der Waals surface area contributed by atoms with Crippen molar-refractivity contribution in [1.82, 2.24) is 9.97 Å². The lowest BCUT2D eigenvalue weighted by Gasteiger charge is -2.23. The zero-order valence-electron chi connectivity index (χ0n) is 16.5. The first-order valence-electron chi connectivity index (χ1n) is 9.72. The first-order valence-corrected chi connectivity index (χ1v) is 9.72. The number of aromatic hydroxyl groups is 1. The van der Waals surface area contributed by atoms with Crippen LogP contribution >= 0.6 is 0 Å². The summed E-state index contributed by atoms with van der Waals surface area (Å²) in [4.78, 5) is 36.6. The number of nitrogens with zero attached hydrogens (tertiary/aromatic N) is 3. The van der Waals surface area contributed by atoms with Crippen LogP contribution in [0.4, 0.5) is 5.95 Å². The summed E-state index contributed by atoms with van der Waals surface area (Å²) in [6.07, 6.45) is 3.04. The van der Waals surface area contributed by atoms with Crippen molar-refractivity contribution >= 4 is 22.8 Å². The van der Waals surface area contributed by atoms with Crippen LogP contribution in [0.2, 0.25) is 0 Å². The molecule has 1 aliphatic heterocycles. The Morgan fingerprint density at radius 1 is 1.10 bits per heavy atom. The van der Waals surface area contributed by atoms with E-state index in [1.54, 1.807) is 49.4 Å². The van der Waals surface area contributed by atoms with E-state index in [4.69, 9.17) is 9.15 Å². The number of para-hydroxylation sites is 1. The Kier molecular flexibility index (Phi) is 4.39. The van der Waals surface area contributed by atoms with E-state index in [0.29, 0.717) is 23.1 Å². The molecule has 2 aromatic carbocycles. The normalized spacial score (nSPS) is 15.3. The van der Waals surface area contributed by atoms with Crippen molar-refractivity contribution in [3.8, 4) is 11.5 Å². The molecule has 0 saturated heterocycles. The van der Waals surface area contributed by atoms with Crippen LogP contribution in [0.25, 0.3) is 11.0 Å². The van der Waals surface area contributed by atoms with Crippen LogP contribution in [0.5, 0.6) is 11.5 Å². The fourth-order valence-electron chi connectivity index (χ4n) is 3.83. The molecule has 0 aliphatic carbocycles. The van der Waals surface area contributed by atoms with E-state index in [0.717, 1.165) is 0 Å². The zero-order valence-corrected chi connectivity index (χ0v) is 16.5. The minimum atomic E-state index is -0.842. The van der Waals surface area contributed by atoms with E-state index in [2.05, 4.69) is 9.97 Å². The Balaban J connectivity index is 1.80. The van der Waals surface area contributed by atoms with Gasteiger partial charge in [-0.3, -0.25) is 14.5 Å². The molecular formula is C23H17N3O5. The lowest BCUT2D eigenvalue weighted by atomic mass is 9.98. The summed E-state index contributed by atoms with van der Waals surface area (Å²) in [5.41, 5.74) is 0.780. The third-order valence-electron chi connectivity index (χ3n) is 5.14. The van der Waals surface area contributed by atoms with Crippen LogP contribution in [-0.4, -0.2) is 27.6 Å². The van der Waals surface area contributed by atoms with Crippen molar-refractivity contribution in [2.45, 2.75) is 13.0 Å². The highest BCUT2D eigenvalue weighted by molar-refractivity contribution is 6.09. The molecule has 3 heterocycles. The van der Waals surface area contributed by atoms with E-state index in [1.807, 2.05) is 0 Å². The highest BCUT2D eigenvalue weighted by Crippen LogP contribution is 2.42. The predicted molar refractivity (Wildman–Crippen MR) is 112 cm³/mol. The maximum absolute atomic E-state index is 13.4. The summed E-state index contributed by atoms with van der Waals surface area (Å²) in [6.45, 7) is 2.14. The van der Waals surface area contributed by atoms with E-state index >= 15 is 0 Å². The lowest BCUT2D eigenvalue weighted by Crippen LogP contribution is -2.31. The molecule has 1 atom stereocenters. The van der Waals surface area contributed by atoms with Gasteiger partial charge in [-0.05, 0) is 42.8 Å². The number of amides is 1. The second-order valence-corrected chi connectivity index (χ2v) is 6.96. The minimum Gasteiger partial charge on any atom is -0.504 e. The van der Waals surface area contributed by atoms with Crippen molar-refractivity contribution in [3.05, 3.63) is 88.0 Å². The quantitative estimate of drug-likeness (QED) is 0.544. The Morgan fingerprint density at radius 2 is 1.87 bits per heavy atom. The molecule has 154 valence electrons. The summed E-state index contributed by atoms with van der Waals surface area (Å²) in [5.74, 6) is -0.214. The number of rotatable bonds is 4. The van der Waals surface area contributed by atoms with Crippen LogP contribution in [0.3, 0.4) is 0 Å². The first kappa shape index (κ1) is 18.8.